The first kappa shape index (κ1) is 20.0. The van der Waals surface area contributed by atoms with Gasteiger partial charge in [0.05, 0.1) is 11.7 Å². The fraction of sp³-hybridized carbons (Fsp3) is 1.00. The average molecular weight is 312 g/mol. The van der Waals surface area contributed by atoms with Crippen LogP contribution in [0.25, 0.3) is 0 Å². The van der Waals surface area contributed by atoms with Crippen molar-refractivity contribution in [1.29, 1.82) is 0 Å². The Balaban J connectivity index is 3.48. The molecule has 22 heavy (non-hydrogen) atoms. The van der Waals surface area contributed by atoms with Gasteiger partial charge in [-0.05, 0) is 49.0 Å². The fourth-order valence-electron chi connectivity index (χ4n) is 4.59. The van der Waals surface area contributed by atoms with Crippen molar-refractivity contribution in [3.8, 4) is 0 Å². The fourth-order valence-corrected chi connectivity index (χ4v) is 4.59. The summed E-state index contributed by atoms with van der Waals surface area (Å²) in [6.07, 6.45) is 0.208. The molecular formula is C20H41NO. The zero-order valence-corrected chi connectivity index (χ0v) is 17.3. The lowest BCUT2D eigenvalue weighted by Gasteiger charge is -2.68. The molecule has 132 valence electrons. The predicted molar refractivity (Wildman–Crippen MR) is 97.2 cm³/mol. The monoisotopic (exact) mass is 311 g/mol. The SMILES string of the molecule is CCNC1C(C)(C)C(C)(C)C(OC(C)(C)C)C(C)(C)C1(C)C. The van der Waals surface area contributed by atoms with Gasteiger partial charge in [0.1, 0.15) is 0 Å². The van der Waals surface area contributed by atoms with Gasteiger partial charge >= 0.3 is 0 Å². The summed E-state index contributed by atoms with van der Waals surface area (Å²) in [5, 5.41) is 3.80. The number of rotatable bonds is 3. The Bertz CT molecular complexity index is 370. The Labute approximate surface area is 139 Å². The second-order valence-electron chi connectivity index (χ2n) is 10.5. The van der Waals surface area contributed by atoms with Gasteiger partial charge in [-0.15, -0.1) is 0 Å². The summed E-state index contributed by atoms with van der Waals surface area (Å²) in [4.78, 5) is 0. The molecule has 0 amide bonds. The Morgan fingerprint density at radius 1 is 0.773 bits per heavy atom. The van der Waals surface area contributed by atoms with E-state index in [2.05, 4.69) is 88.4 Å². The van der Waals surface area contributed by atoms with Crippen molar-refractivity contribution in [2.45, 2.75) is 101 Å². The van der Waals surface area contributed by atoms with E-state index in [-0.39, 0.29) is 33.4 Å². The molecule has 0 heterocycles. The van der Waals surface area contributed by atoms with E-state index in [0.717, 1.165) is 6.54 Å². The van der Waals surface area contributed by atoms with Gasteiger partial charge in [0.25, 0.3) is 0 Å². The van der Waals surface area contributed by atoms with Gasteiger partial charge in [-0.25, -0.2) is 0 Å². The third kappa shape index (κ3) is 2.86. The van der Waals surface area contributed by atoms with Crippen LogP contribution in [0.3, 0.4) is 0 Å². The summed E-state index contributed by atoms with van der Waals surface area (Å²) < 4.78 is 6.68. The molecule has 0 radical (unpaired) electrons. The molecule has 1 rings (SSSR count). The van der Waals surface area contributed by atoms with Gasteiger partial charge in [-0.2, -0.15) is 0 Å². The van der Waals surface area contributed by atoms with E-state index in [9.17, 15) is 0 Å². The van der Waals surface area contributed by atoms with Crippen LogP contribution in [0.4, 0.5) is 0 Å². The van der Waals surface area contributed by atoms with Crippen LogP contribution >= 0.6 is 0 Å². The van der Waals surface area contributed by atoms with Crippen molar-refractivity contribution in [1.82, 2.24) is 5.32 Å². The Morgan fingerprint density at radius 3 is 1.41 bits per heavy atom. The molecule has 1 aliphatic carbocycles. The highest BCUT2D eigenvalue weighted by molar-refractivity contribution is 5.17. The van der Waals surface area contributed by atoms with Crippen molar-refractivity contribution in [2.75, 3.05) is 6.54 Å². The average Bonchev–Trinajstić information content (AvgIpc) is 2.29. The van der Waals surface area contributed by atoms with E-state index < -0.39 is 0 Å². The first-order valence-electron chi connectivity index (χ1n) is 8.94. The van der Waals surface area contributed by atoms with Crippen LogP contribution < -0.4 is 5.32 Å². The molecule has 0 atom stereocenters. The van der Waals surface area contributed by atoms with Crippen molar-refractivity contribution < 1.29 is 4.74 Å². The number of nitrogens with one attached hydrogen (secondary N) is 1. The summed E-state index contributed by atoms with van der Waals surface area (Å²) in [6, 6.07) is 0.454. The van der Waals surface area contributed by atoms with Crippen molar-refractivity contribution >= 4 is 0 Å². The summed E-state index contributed by atoms with van der Waals surface area (Å²) in [5.41, 5.74) is 0.296. The summed E-state index contributed by atoms with van der Waals surface area (Å²) in [6.45, 7) is 29.0. The van der Waals surface area contributed by atoms with Gasteiger partial charge in [0.2, 0.25) is 0 Å². The number of hydrogen-bond acceptors (Lipinski definition) is 2. The molecule has 1 aliphatic rings. The molecule has 0 aromatic carbocycles. The van der Waals surface area contributed by atoms with Crippen LogP contribution in [0.1, 0.15) is 83.1 Å². The van der Waals surface area contributed by atoms with Gasteiger partial charge < -0.3 is 10.1 Å². The number of ether oxygens (including phenoxy) is 1. The van der Waals surface area contributed by atoms with Crippen LogP contribution in [0.5, 0.6) is 0 Å². The lowest BCUT2D eigenvalue weighted by Crippen LogP contribution is -2.72. The maximum absolute atomic E-state index is 6.68. The summed E-state index contributed by atoms with van der Waals surface area (Å²) in [5.74, 6) is 0. The first-order valence-corrected chi connectivity index (χ1v) is 8.94. The quantitative estimate of drug-likeness (QED) is 0.767. The van der Waals surface area contributed by atoms with E-state index in [4.69, 9.17) is 4.74 Å². The number of hydrogen-bond donors (Lipinski definition) is 1. The third-order valence-electron chi connectivity index (χ3n) is 6.96. The highest BCUT2D eigenvalue weighted by Crippen LogP contribution is 2.64. The lowest BCUT2D eigenvalue weighted by molar-refractivity contribution is -0.262. The highest BCUT2D eigenvalue weighted by Gasteiger charge is 2.66. The molecule has 1 saturated carbocycles. The Morgan fingerprint density at radius 2 is 1.14 bits per heavy atom. The van der Waals surface area contributed by atoms with Gasteiger partial charge in [-0.3, -0.25) is 0 Å². The van der Waals surface area contributed by atoms with E-state index in [1.54, 1.807) is 0 Å². The van der Waals surface area contributed by atoms with E-state index in [0.29, 0.717) is 6.04 Å². The normalized spacial score (nSPS) is 32.7. The molecule has 0 aromatic rings. The van der Waals surface area contributed by atoms with Crippen molar-refractivity contribution in [3.05, 3.63) is 0 Å². The topological polar surface area (TPSA) is 21.3 Å². The smallest absolute Gasteiger partial charge is 0.0695 e. The molecule has 0 aromatic heterocycles. The van der Waals surface area contributed by atoms with Crippen LogP contribution in [0.2, 0.25) is 0 Å². The van der Waals surface area contributed by atoms with Crippen molar-refractivity contribution in [3.63, 3.8) is 0 Å². The zero-order chi connectivity index (χ0) is 17.8. The maximum Gasteiger partial charge on any atom is 0.0695 e. The molecule has 2 nitrogen and oxygen atoms in total. The second kappa shape index (κ2) is 5.48. The lowest BCUT2D eigenvalue weighted by atomic mass is 9.41. The standard InChI is InChI=1S/C20H41NO/c1-13-21-14-17(5,6)19(9,10)15(22-16(2,3)4)20(11,12)18(14,7)8/h14-15,21H,13H2,1-12H3. The molecule has 0 spiro atoms. The molecule has 1 N–H and O–H groups in total. The molecule has 0 aliphatic heterocycles. The minimum atomic E-state index is -0.129. The minimum Gasteiger partial charge on any atom is -0.371 e. The van der Waals surface area contributed by atoms with Crippen LogP contribution in [0, 0.1) is 21.7 Å². The van der Waals surface area contributed by atoms with Crippen LogP contribution in [-0.4, -0.2) is 24.3 Å². The van der Waals surface area contributed by atoms with Crippen LogP contribution in [0.15, 0.2) is 0 Å². The molecule has 1 fully saturated rings. The highest BCUT2D eigenvalue weighted by atomic mass is 16.5. The van der Waals surface area contributed by atoms with Crippen molar-refractivity contribution in [2.24, 2.45) is 21.7 Å². The first-order chi connectivity index (χ1) is 9.53. The Kier molecular flexibility index (Phi) is 4.97. The summed E-state index contributed by atoms with van der Waals surface area (Å²) >= 11 is 0. The van der Waals surface area contributed by atoms with E-state index >= 15 is 0 Å². The largest absolute Gasteiger partial charge is 0.371 e. The molecule has 0 unspecified atom stereocenters. The van der Waals surface area contributed by atoms with Gasteiger partial charge in [-0.1, -0.05) is 62.3 Å². The van der Waals surface area contributed by atoms with E-state index in [1.165, 1.54) is 0 Å². The molecule has 0 saturated heterocycles. The molecule has 2 heteroatoms. The Hall–Kier alpha value is -0.0800. The van der Waals surface area contributed by atoms with E-state index in [1.807, 2.05) is 0 Å². The predicted octanol–water partition coefficient (Wildman–Crippen LogP) is 5.27. The zero-order valence-electron chi connectivity index (χ0n) is 17.3. The van der Waals surface area contributed by atoms with Crippen LogP contribution in [-0.2, 0) is 4.74 Å². The molecular weight excluding hydrogens is 270 g/mol. The second-order valence-corrected chi connectivity index (χ2v) is 10.5. The third-order valence-corrected chi connectivity index (χ3v) is 6.96. The molecule has 0 bridgehead atoms. The maximum atomic E-state index is 6.68. The minimum absolute atomic E-state index is 0.0755. The van der Waals surface area contributed by atoms with Gasteiger partial charge in [0, 0.05) is 6.04 Å². The van der Waals surface area contributed by atoms with Gasteiger partial charge in [0.15, 0.2) is 0 Å². The summed E-state index contributed by atoms with van der Waals surface area (Å²) in [7, 11) is 0.